The molecule has 1 saturated heterocycles. The molecule has 1 aromatic rings. The van der Waals surface area contributed by atoms with E-state index in [1.165, 1.54) is 5.56 Å². The first-order valence-corrected chi connectivity index (χ1v) is 8.96. The van der Waals surface area contributed by atoms with Crippen LogP contribution in [0.3, 0.4) is 0 Å². The minimum Gasteiger partial charge on any atom is -0.349 e. The molecule has 2 aliphatic rings. The summed E-state index contributed by atoms with van der Waals surface area (Å²) in [6, 6.07) is 8.17. The third-order valence-electron chi connectivity index (χ3n) is 5.86. The minimum atomic E-state index is 0.0181. The number of nitrogens with zero attached hydrogens (tertiary/aromatic N) is 2. The molecule has 1 aliphatic heterocycles. The van der Waals surface area contributed by atoms with Crippen LogP contribution in [0.1, 0.15) is 36.8 Å². The molecule has 1 aromatic carbocycles. The van der Waals surface area contributed by atoms with E-state index in [2.05, 4.69) is 19.1 Å². The van der Waals surface area contributed by atoms with Gasteiger partial charge in [-0.1, -0.05) is 36.2 Å². The van der Waals surface area contributed by atoms with Crippen molar-refractivity contribution in [2.45, 2.75) is 39.0 Å². The highest BCUT2D eigenvalue weighted by Gasteiger charge is 2.51. The Hall–Kier alpha value is -1.84. The normalized spacial score (nSPS) is 26.1. The third-order valence-corrected chi connectivity index (χ3v) is 5.86. The molecule has 0 aromatic heterocycles. The van der Waals surface area contributed by atoms with Crippen LogP contribution in [0.2, 0.25) is 0 Å². The average molecular weight is 328 g/mol. The second-order valence-electron chi connectivity index (χ2n) is 7.77. The van der Waals surface area contributed by atoms with E-state index in [1.54, 1.807) is 4.90 Å². The minimum absolute atomic E-state index is 0.0181. The topological polar surface area (TPSA) is 40.6 Å². The largest absolute Gasteiger partial charge is 0.349 e. The number of carbonyl (C=O) groups excluding carboxylic acids is 2. The lowest BCUT2D eigenvalue weighted by Crippen LogP contribution is -2.41. The number of hydrogen-bond acceptors (Lipinski definition) is 2. The first-order valence-electron chi connectivity index (χ1n) is 8.96. The zero-order valence-corrected chi connectivity index (χ0v) is 15.0. The van der Waals surface area contributed by atoms with Crippen molar-refractivity contribution in [2.75, 3.05) is 27.2 Å². The van der Waals surface area contributed by atoms with Crippen molar-refractivity contribution in [3.05, 3.63) is 35.4 Å². The molecular weight excluding hydrogens is 300 g/mol. The van der Waals surface area contributed by atoms with Crippen LogP contribution in [0.5, 0.6) is 0 Å². The molecule has 1 heterocycles. The maximum absolute atomic E-state index is 12.7. The van der Waals surface area contributed by atoms with E-state index < -0.39 is 0 Å². The van der Waals surface area contributed by atoms with Crippen molar-refractivity contribution in [1.29, 1.82) is 0 Å². The fraction of sp³-hybridized carbons (Fsp3) is 0.600. The van der Waals surface area contributed by atoms with Crippen molar-refractivity contribution < 1.29 is 9.59 Å². The van der Waals surface area contributed by atoms with Crippen LogP contribution in [0.15, 0.2) is 24.3 Å². The van der Waals surface area contributed by atoms with Gasteiger partial charge in [0.05, 0.1) is 6.42 Å². The smallest absolute Gasteiger partial charge is 0.227 e. The number of rotatable bonds is 3. The Morgan fingerprint density at radius 3 is 2.58 bits per heavy atom. The molecule has 0 N–H and O–H groups in total. The summed E-state index contributed by atoms with van der Waals surface area (Å²) in [4.78, 5) is 28.9. The van der Waals surface area contributed by atoms with Crippen LogP contribution in [0, 0.1) is 18.3 Å². The van der Waals surface area contributed by atoms with Gasteiger partial charge in [-0.25, -0.2) is 0 Å². The molecule has 0 bridgehead atoms. The highest BCUT2D eigenvalue weighted by molar-refractivity contribution is 5.81. The average Bonchev–Trinajstić information content (AvgIpc) is 3.16. The van der Waals surface area contributed by atoms with Crippen molar-refractivity contribution >= 4 is 11.8 Å². The molecule has 130 valence electrons. The van der Waals surface area contributed by atoms with Gasteiger partial charge in [-0.05, 0) is 31.7 Å². The zero-order valence-electron chi connectivity index (χ0n) is 15.0. The third kappa shape index (κ3) is 3.19. The Labute approximate surface area is 144 Å². The molecule has 0 unspecified atom stereocenters. The van der Waals surface area contributed by atoms with Crippen molar-refractivity contribution in [3.8, 4) is 0 Å². The molecule has 2 amide bonds. The molecule has 3 rings (SSSR count). The maximum Gasteiger partial charge on any atom is 0.227 e. The van der Waals surface area contributed by atoms with E-state index in [9.17, 15) is 9.59 Å². The quantitative estimate of drug-likeness (QED) is 0.856. The van der Waals surface area contributed by atoms with Crippen LogP contribution >= 0.6 is 0 Å². The number of aryl methyl sites for hydroxylation is 1. The summed E-state index contributed by atoms with van der Waals surface area (Å²) in [6.07, 6.45) is 4.58. The SMILES string of the molecule is Cc1ccc(CC(=O)N2CC[C@@]3(CCC[C@@H]3C(=O)N(C)C)C2)cc1. The summed E-state index contributed by atoms with van der Waals surface area (Å²) in [5, 5.41) is 0. The van der Waals surface area contributed by atoms with Crippen LogP contribution in [0.25, 0.3) is 0 Å². The molecule has 4 nitrogen and oxygen atoms in total. The van der Waals surface area contributed by atoms with Gasteiger partial charge in [0.15, 0.2) is 0 Å². The predicted molar refractivity (Wildman–Crippen MR) is 94.5 cm³/mol. The molecule has 1 aliphatic carbocycles. The van der Waals surface area contributed by atoms with Crippen LogP contribution < -0.4 is 0 Å². The summed E-state index contributed by atoms with van der Waals surface area (Å²) in [6.45, 7) is 3.60. The Kier molecular flexibility index (Phi) is 4.66. The molecule has 0 radical (unpaired) electrons. The standard InChI is InChI=1S/C20H28N2O2/c1-15-6-8-16(9-7-15)13-18(23)22-12-11-20(14-22)10-4-5-17(20)19(24)21(2)3/h6-9,17H,4-5,10-14H2,1-3H3/t17-,20+/m1/s1. The zero-order chi connectivity index (χ0) is 17.3. The number of benzene rings is 1. The first-order chi connectivity index (χ1) is 11.4. The Bertz CT molecular complexity index is 623. The molecule has 1 spiro atoms. The van der Waals surface area contributed by atoms with E-state index in [0.29, 0.717) is 6.42 Å². The Morgan fingerprint density at radius 2 is 1.92 bits per heavy atom. The molecule has 24 heavy (non-hydrogen) atoms. The van der Waals surface area contributed by atoms with Gasteiger partial charge in [0.1, 0.15) is 0 Å². The van der Waals surface area contributed by atoms with Crippen molar-refractivity contribution in [3.63, 3.8) is 0 Å². The molecule has 2 fully saturated rings. The molecule has 4 heteroatoms. The van der Waals surface area contributed by atoms with Crippen LogP contribution in [-0.4, -0.2) is 48.8 Å². The summed E-state index contributed by atoms with van der Waals surface area (Å²) >= 11 is 0. The second-order valence-corrected chi connectivity index (χ2v) is 7.77. The van der Waals surface area contributed by atoms with Crippen molar-refractivity contribution in [2.24, 2.45) is 11.3 Å². The summed E-state index contributed by atoms with van der Waals surface area (Å²) < 4.78 is 0. The summed E-state index contributed by atoms with van der Waals surface area (Å²) in [5.74, 6) is 0.517. The second kappa shape index (κ2) is 6.58. The van der Waals surface area contributed by atoms with Gasteiger partial charge in [0, 0.05) is 38.5 Å². The number of carbonyl (C=O) groups is 2. The van der Waals surface area contributed by atoms with Gasteiger partial charge >= 0.3 is 0 Å². The van der Waals surface area contributed by atoms with E-state index in [4.69, 9.17) is 0 Å². The number of amides is 2. The lowest BCUT2D eigenvalue weighted by atomic mass is 9.76. The summed E-state index contributed by atoms with van der Waals surface area (Å²) in [5.41, 5.74) is 2.30. The van der Waals surface area contributed by atoms with E-state index >= 15 is 0 Å². The first kappa shape index (κ1) is 17.0. The fourth-order valence-electron chi connectivity index (χ4n) is 4.43. The Morgan fingerprint density at radius 1 is 1.21 bits per heavy atom. The van der Waals surface area contributed by atoms with Crippen molar-refractivity contribution in [1.82, 2.24) is 9.80 Å². The van der Waals surface area contributed by atoms with Gasteiger partial charge in [-0.2, -0.15) is 0 Å². The molecular formula is C20H28N2O2. The van der Waals surface area contributed by atoms with Gasteiger partial charge < -0.3 is 9.80 Å². The maximum atomic E-state index is 12.7. The molecule has 1 saturated carbocycles. The van der Waals surface area contributed by atoms with E-state index in [1.807, 2.05) is 31.1 Å². The number of likely N-dealkylation sites (tertiary alicyclic amines) is 1. The monoisotopic (exact) mass is 328 g/mol. The lowest BCUT2D eigenvalue weighted by molar-refractivity contribution is -0.137. The highest BCUT2D eigenvalue weighted by atomic mass is 16.2. The molecule has 2 atom stereocenters. The van der Waals surface area contributed by atoms with E-state index in [0.717, 1.165) is 44.3 Å². The van der Waals surface area contributed by atoms with Gasteiger partial charge in [-0.3, -0.25) is 9.59 Å². The van der Waals surface area contributed by atoms with Crippen LogP contribution in [0.4, 0.5) is 0 Å². The van der Waals surface area contributed by atoms with Gasteiger partial charge in [0.25, 0.3) is 0 Å². The van der Waals surface area contributed by atoms with Gasteiger partial charge in [0.2, 0.25) is 11.8 Å². The Balaban J connectivity index is 1.66. The van der Waals surface area contributed by atoms with E-state index in [-0.39, 0.29) is 23.1 Å². The summed E-state index contributed by atoms with van der Waals surface area (Å²) in [7, 11) is 3.67. The highest BCUT2D eigenvalue weighted by Crippen LogP contribution is 2.50. The predicted octanol–water partition coefficient (Wildman–Crippen LogP) is 2.64. The van der Waals surface area contributed by atoms with Crippen LogP contribution in [-0.2, 0) is 16.0 Å². The number of hydrogen-bond donors (Lipinski definition) is 0. The lowest BCUT2D eigenvalue weighted by Gasteiger charge is -2.32. The van der Waals surface area contributed by atoms with Gasteiger partial charge in [-0.15, -0.1) is 0 Å². The fourth-order valence-corrected chi connectivity index (χ4v) is 4.43.